The zero-order valence-corrected chi connectivity index (χ0v) is 32.5. The highest BCUT2D eigenvalue weighted by atomic mass is 14.3. The molecule has 0 radical (unpaired) electrons. The van der Waals surface area contributed by atoms with Crippen molar-refractivity contribution in [3.63, 3.8) is 0 Å². The SMILES string of the molecule is C=Cc1ccc(-c2ccccc3ccccc3cc3ccccc23)cc1/C=C/c1ccc2c(c1)C(C)(C)C=C2/C=C\C(=C)c1cc2ccccc2c2ccccc12. The molecular weight excluding hydrogens is 685 g/mol. The van der Waals surface area contributed by atoms with E-state index in [9.17, 15) is 0 Å². The average Bonchev–Trinajstić information content (AvgIpc) is 3.50. The van der Waals surface area contributed by atoms with Crippen LogP contribution in [0.25, 0.3) is 83.6 Å². The first-order chi connectivity index (χ1) is 27.9. The van der Waals surface area contributed by atoms with Crippen LogP contribution in [-0.2, 0) is 5.41 Å². The third kappa shape index (κ3) is 6.92. The Morgan fingerprint density at radius 2 is 1.12 bits per heavy atom. The van der Waals surface area contributed by atoms with E-state index in [-0.39, 0.29) is 5.41 Å². The molecule has 0 saturated carbocycles. The van der Waals surface area contributed by atoms with Crippen molar-refractivity contribution in [3.05, 3.63) is 235 Å². The second kappa shape index (κ2) is 14.9. The molecule has 8 aromatic carbocycles. The molecule has 9 rings (SSSR count). The molecule has 0 spiro atoms. The van der Waals surface area contributed by atoms with Crippen LogP contribution in [0.5, 0.6) is 0 Å². The van der Waals surface area contributed by atoms with Gasteiger partial charge in [0.2, 0.25) is 0 Å². The van der Waals surface area contributed by atoms with Gasteiger partial charge in [-0.1, -0.05) is 215 Å². The van der Waals surface area contributed by atoms with E-state index in [1.807, 2.05) is 6.08 Å². The molecule has 1 aliphatic carbocycles. The van der Waals surface area contributed by atoms with Crippen molar-refractivity contribution in [2.45, 2.75) is 19.3 Å². The van der Waals surface area contributed by atoms with Gasteiger partial charge in [0, 0.05) is 5.41 Å². The van der Waals surface area contributed by atoms with Crippen LogP contribution in [0.1, 0.15) is 47.2 Å². The first-order valence-electron chi connectivity index (χ1n) is 19.7. The standard InChI is InChI=1S/C57H44/c1-5-41-31-32-47(50-22-11-8-17-42-16-6-7-18-43(42)35-45-19-9-12-21-49(45)50)36-44(41)30-27-40-28-33-52-48(38-57(3,4)56(52)34-40)29-26-39(2)55-37-46-20-10-13-23-51(46)53-24-14-15-25-54(53)55/h5-38H,1-2H2,3-4H3/b11-8?,17-8?,22-11?,29-26-,30-27+,42-17?,43-35?,45-35?,50-22?,50-49?. The van der Waals surface area contributed by atoms with Gasteiger partial charge in [0.15, 0.2) is 0 Å². The molecule has 0 aliphatic heterocycles. The van der Waals surface area contributed by atoms with E-state index in [1.165, 1.54) is 76.5 Å². The minimum atomic E-state index is -0.111. The lowest BCUT2D eigenvalue weighted by atomic mass is 9.86. The zero-order chi connectivity index (χ0) is 38.9. The van der Waals surface area contributed by atoms with E-state index in [2.05, 4.69) is 227 Å². The molecule has 57 heavy (non-hydrogen) atoms. The van der Waals surface area contributed by atoms with Crippen molar-refractivity contribution in [1.82, 2.24) is 0 Å². The number of rotatable bonds is 7. The maximum atomic E-state index is 4.55. The third-order valence-corrected chi connectivity index (χ3v) is 11.4. The third-order valence-electron chi connectivity index (χ3n) is 11.4. The molecule has 0 fully saturated rings. The summed E-state index contributed by atoms with van der Waals surface area (Å²) in [7, 11) is 0. The van der Waals surface area contributed by atoms with Crippen LogP contribution < -0.4 is 0 Å². The summed E-state index contributed by atoms with van der Waals surface area (Å²) in [6, 6.07) is 61.3. The lowest BCUT2D eigenvalue weighted by Gasteiger charge is -2.18. The Kier molecular flexibility index (Phi) is 9.33. The summed E-state index contributed by atoms with van der Waals surface area (Å²) in [6.45, 7) is 13.3. The van der Waals surface area contributed by atoms with Gasteiger partial charge in [-0.3, -0.25) is 0 Å². The fourth-order valence-corrected chi connectivity index (χ4v) is 8.47. The number of fused-ring (bicyclic) bond motifs is 6. The van der Waals surface area contributed by atoms with Crippen molar-refractivity contribution in [3.8, 4) is 11.1 Å². The number of hydrogen-bond donors (Lipinski definition) is 0. The molecule has 0 heterocycles. The summed E-state index contributed by atoms with van der Waals surface area (Å²) in [5.41, 5.74) is 11.6. The van der Waals surface area contributed by atoms with Gasteiger partial charge in [-0.15, -0.1) is 0 Å². The average molecular weight is 729 g/mol. The highest BCUT2D eigenvalue weighted by Gasteiger charge is 2.29. The predicted octanol–water partition coefficient (Wildman–Crippen LogP) is 15.8. The molecule has 0 N–H and O–H groups in total. The topological polar surface area (TPSA) is 0 Å². The lowest BCUT2D eigenvalue weighted by molar-refractivity contribution is 0.683. The molecule has 0 heteroatoms. The second-order valence-corrected chi connectivity index (χ2v) is 15.5. The fraction of sp³-hybridized carbons (Fsp3) is 0.0526. The molecule has 0 unspecified atom stereocenters. The van der Waals surface area contributed by atoms with Crippen LogP contribution in [0, 0.1) is 0 Å². The molecule has 0 bridgehead atoms. The normalized spacial score (nSPS) is 13.3. The highest BCUT2D eigenvalue weighted by Crippen LogP contribution is 2.42. The predicted molar refractivity (Wildman–Crippen MR) is 251 cm³/mol. The Morgan fingerprint density at radius 3 is 1.88 bits per heavy atom. The van der Waals surface area contributed by atoms with E-state index >= 15 is 0 Å². The van der Waals surface area contributed by atoms with Crippen LogP contribution in [0.2, 0.25) is 0 Å². The molecule has 272 valence electrons. The monoisotopic (exact) mass is 728 g/mol. The molecule has 0 amide bonds. The Balaban J connectivity index is 1.03. The number of allylic oxidation sites excluding steroid dienone is 5. The first kappa shape index (κ1) is 35.7. The van der Waals surface area contributed by atoms with Crippen molar-refractivity contribution in [1.29, 1.82) is 0 Å². The summed E-state index contributed by atoms with van der Waals surface area (Å²) < 4.78 is 0. The van der Waals surface area contributed by atoms with Crippen molar-refractivity contribution >= 4 is 72.5 Å². The van der Waals surface area contributed by atoms with E-state index in [1.54, 1.807) is 0 Å². The van der Waals surface area contributed by atoms with Gasteiger partial charge in [-0.25, -0.2) is 0 Å². The van der Waals surface area contributed by atoms with Crippen molar-refractivity contribution in [2.24, 2.45) is 0 Å². The van der Waals surface area contributed by atoms with E-state index in [4.69, 9.17) is 0 Å². The first-order valence-corrected chi connectivity index (χ1v) is 19.7. The van der Waals surface area contributed by atoms with Gasteiger partial charge in [0.25, 0.3) is 0 Å². The molecule has 0 nitrogen and oxygen atoms in total. The molecule has 8 aromatic rings. The molecule has 1 aliphatic rings. The molecule has 0 aromatic heterocycles. The van der Waals surface area contributed by atoms with Crippen LogP contribution in [-0.4, -0.2) is 0 Å². The Labute approximate surface area is 336 Å². The van der Waals surface area contributed by atoms with E-state index < -0.39 is 0 Å². The maximum absolute atomic E-state index is 4.55. The smallest absolute Gasteiger partial charge is 0.00908 e. The lowest BCUT2D eigenvalue weighted by Crippen LogP contribution is -2.10. The Morgan fingerprint density at radius 1 is 0.491 bits per heavy atom. The van der Waals surface area contributed by atoms with Crippen molar-refractivity contribution < 1.29 is 0 Å². The van der Waals surface area contributed by atoms with Gasteiger partial charge in [-0.2, -0.15) is 0 Å². The van der Waals surface area contributed by atoms with Crippen LogP contribution in [0.15, 0.2) is 201 Å². The quantitative estimate of drug-likeness (QED) is 0.0871. The summed E-state index contributed by atoms with van der Waals surface area (Å²) >= 11 is 0. The van der Waals surface area contributed by atoms with Crippen LogP contribution in [0.4, 0.5) is 0 Å². The minimum absolute atomic E-state index is 0.111. The van der Waals surface area contributed by atoms with Gasteiger partial charge in [0.05, 0.1) is 0 Å². The summed E-state index contributed by atoms with van der Waals surface area (Å²) in [4.78, 5) is 0. The van der Waals surface area contributed by atoms with Crippen molar-refractivity contribution in [2.75, 3.05) is 0 Å². The van der Waals surface area contributed by atoms with Gasteiger partial charge in [0.1, 0.15) is 0 Å². The van der Waals surface area contributed by atoms with Gasteiger partial charge >= 0.3 is 0 Å². The van der Waals surface area contributed by atoms with E-state index in [0.717, 1.165) is 22.3 Å². The maximum Gasteiger partial charge on any atom is 0.00908 e. The highest BCUT2D eigenvalue weighted by molar-refractivity contribution is 6.12. The van der Waals surface area contributed by atoms with Gasteiger partial charge < -0.3 is 0 Å². The number of hydrogen-bond acceptors (Lipinski definition) is 0. The molecular formula is C57H44. The summed E-state index contributed by atoms with van der Waals surface area (Å²) in [5.74, 6) is 0. The molecule has 0 atom stereocenters. The Bertz CT molecular complexity index is 3070. The fourth-order valence-electron chi connectivity index (χ4n) is 8.47. The van der Waals surface area contributed by atoms with E-state index in [0.29, 0.717) is 0 Å². The van der Waals surface area contributed by atoms with Gasteiger partial charge in [-0.05, 0) is 117 Å². The van der Waals surface area contributed by atoms with Crippen LogP contribution >= 0.6 is 0 Å². The number of benzene rings is 7. The second-order valence-electron chi connectivity index (χ2n) is 15.5. The largest absolute Gasteiger partial charge is 0.0984 e. The van der Waals surface area contributed by atoms with Crippen LogP contribution in [0.3, 0.4) is 0 Å². The molecule has 0 saturated heterocycles. The Hall–Kier alpha value is -7.02. The minimum Gasteiger partial charge on any atom is -0.0984 e. The zero-order valence-electron chi connectivity index (χ0n) is 32.5. The summed E-state index contributed by atoms with van der Waals surface area (Å²) in [5, 5.41) is 9.79. The summed E-state index contributed by atoms with van der Waals surface area (Å²) in [6.07, 6.45) is 13.2.